The summed E-state index contributed by atoms with van der Waals surface area (Å²) >= 11 is 0. The summed E-state index contributed by atoms with van der Waals surface area (Å²) in [7, 11) is 0. The lowest BCUT2D eigenvalue weighted by molar-refractivity contribution is -0.146. The quantitative estimate of drug-likeness (QED) is 0.487. The van der Waals surface area contributed by atoms with Gasteiger partial charge >= 0.3 is 17.9 Å². The van der Waals surface area contributed by atoms with Crippen molar-refractivity contribution >= 4 is 17.9 Å². The average Bonchev–Trinajstić information content (AvgIpc) is 3.00. The van der Waals surface area contributed by atoms with Crippen molar-refractivity contribution < 1.29 is 29.7 Å². The van der Waals surface area contributed by atoms with Gasteiger partial charge in [-0.1, -0.05) is 0 Å². The predicted octanol–water partition coefficient (Wildman–Crippen LogP) is -1.18. The van der Waals surface area contributed by atoms with Gasteiger partial charge in [0.2, 0.25) is 0 Å². The van der Waals surface area contributed by atoms with E-state index in [1.165, 1.54) is 0 Å². The van der Waals surface area contributed by atoms with E-state index in [2.05, 4.69) is 0 Å². The lowest BCUT2D eigenvalue weighted by atomic mass is 9.88. The minimum atomic E-state index is -1.57. The second kappa shape index (κ2) is 2.45. The van der Waals surface area contributed by atoms with Crippen LogP contribution < -0.4 is 5.73 Å². The lowest BCUT2D eigenvalue weighted by Crippen LogP contribution is -2.50. The third-order valence-corrected chi connectivity index (χ3v) is 4.82. The number of carbonyl (C=O) groups is 3. The van der Waals surface area contributed by atoms with Crippen molar-refractivity contribution in [2.24, 2.45) is 34.8 Å². The molecule has 0 heterocycles. The van der Waals surface area contributed by atoms with E-state index >= 15 is 0 Å². The van der Waals surface area contributed by atoms with E-state index in [0.29, 0.717) is 0 Å². The van der Waals surface area contributed by atoms with Gasteiger partial charge in [-0.05, 0) is 12.3 Å². The van der Waals surface area contributed by atoms with E-state index in [1.54, 1.807) is 0 Å². The van der Waals surface area contributed by atoms with Crippen LogP contribution in [0.5, 0.6) is 0 Å². The van der Waals surface area contributed by atoms with Gasteiger partial charge < -0.3 is 21.1 Å². The normalized spacial score (nSPS) is 53.5. The SMILES string of the molecule is N[C@]1(C(=O)O)CC2C(C(=O)O)[C@]23[C@H](C(=O)O)[C@@H]31. The molecule has 0 aromatic carbocycles. The molecule has 1 spiro atoms. The summed E-state index contributed by atoms with van der Waals surface area (Å²) in [6.07, 6.45) is 0.0632. The molecule has 0 radical (unpaired) electrons. The molecule has 2 unspecified atom stereocenters. The summed E-state index contributed by atoms with van der Waals surface area (Å²) in [5.41, 5.74) is 3.28. The molecule has 0 aromatic rings. The van der Waals surface area contributed by atoms with E-state index in [9.17, 15) is 14.4 Å². The Morgan fingerprint density at radius 3 is 2.00 bits per heavy atom. The van der Waals surface area contributed by atoms with Crippen molar-refractivity contribution in [3.8, 4) is 0 Å². The lowest BCUT2D eigenvalue weighted by Gasteiger charge is -2.23. The number of hydrogen-bond donors (Lipinski definition) is 4. The Morgan fingerprint density at radius 2 is 1.59 bits per heavy atom. The number of nitrogens with two attached hydrogens (primary N) is 1. The van der Waals surface area contributed by atoms with Crippen LogP contribution in [0.2, 0.25) is 0 Å². The zero-order valence-corrected chi connectivity index (χ0v) is 8.66. The highest BCUT2D eigenvalue weighted by Crippen LogP contribution is 2.89. The van der Waals surface area contributed by atoms with Crippen LogP contribution in [0, 0.1) is 29.1 Å². The van der Waals surface area contributed by atoms with E-state index in [-0.39, 0.29) is 6.42 Å². The van der Waals surface area contributed by atoms with E-state index in [4.69, 9.17) is 21.1 Å². The number of hydrogen-bond acceptors (Lipinski definition) is 4. The highest BCUT2D eigenvalue weighted by molar-refractivity contribution is 5.92. The van der Waals surface area contributed by atoms with E-state index in [0.717, 1.165) is 0 Å². The molecule has 7 heteroatoms. The minimum absolute atomic E-state index is 0.0632. The first-order valence-electron chi connectivity index (χ1n) is 5.27. The number of carboxylic acid groups (broad SMARTS) is 3. The summed E-state index contributed by atoms with van der Waals surface area (Å²) in [6, 6.07) is 0. The summed E-state index contributed by atoms with van der Waals surface area (Å²) in [5, 5.41) is 27.1. The molecule has 0 bridgehead atoms. The monoisotopic (exact) mass is 241 g/mol. The van der Waals surface area contributed by atoms with Gasteiger partial charge in [0, 0.05) is 11.3 Å². The number of rotatable bonds is 3. The first-order chi connectivity index (χ1) is 7.79. The third kappa shape index (κ3) is 0.833. The van der Waals surface area contributed by atoms with Crippen molar-refractivity contribution in [2.45, 2.75) is 12.0 Å². The Bertz CT molecular complexity index is 475. The third-order valence-electron chi connectivity index (χ3n) is 4.82. The molecule has 3 aliphatic carbocycles. The largest absolute Gasteiger partial charge is 0.481 e. The van der Waals surface area contributed by atoms with Crippen molar-refractivity contribution in [1.29, 1.82) is 0 Å². The fraction of sp³-hybridized carbons (Fsp3) is 0.700. The van der Waals surface area contributed by atoms with Crippen LogP contribution in [-0.4, -0.2) is 38.8 Å². The first-order valence-corrected chi connectivity index (χ1v) is 5.27. The number of carboxylic acids is 3. The molecule has 92 valence electrons. The van der Waals surface area contributed by atoms with Crippen molar-refractivity contribution in [1.82, 2.24) is 0 Å². The van der Waals surface area contributed by atoms with E-state index < -0.39 is 52.5 Å². The van der Waals surface area contributed by atoms with Crippen LogP contribution in [0.3, 0.4) is 0 Å². The molecule has 0 saturated heterocycles. The smallest absolute Gasteiger partial charge is 0.324 e. The Kier molecular flexibility index (Phi) is 1.52. The Labute approximate surface area is 95.2 Å². The van der Waals surface area contributed by atoms with Gasteiger partial charge in [0.1, 0.15) is 5.54 Å². The second-order valence-corrected chi connectivity index (χ2v) is 5.27. The van der Waals surface area contributed by atoms with Gasteiger partial charge in [-0.3, -0.25) is 14.4 Å². The highest BCUT2D eigenvalue weighted by atomic mass is 16.4. The molecular formula is C10H11NO6. The topological polar surface area (TPSA) is 138 Å². The fourth-order valence-corrected chi connectivity index (χ4v) is 4.27. The van der Waals surface area contributed by atoms with Gasteiger partial charge in [0.15, 0.2) is 0 Å². The molecule has 7 nitrogen and oxygen atoms in total. The maximum Gasteiger partial charge on any atom is 0.324 e. The van der Waals surface area contributed by atoms with Crippen LogP contribution in [-0.2, 0) is 14.4 Å². The van der Waals surface area contributed by atoms with Crippen molar-refractivity contribution in [3.63, 3.8) is 0 Å². The molecular weight excluding hydrogens is 230 g/mol. The molecule has 3 rings (SSSR count). The molecule has 5 N–H and O–H groups in total. The Hall–Kier alpha value is -1.63. The van der Waals surface area contributed by atoms with Gasteiger partial charge in [-0.15, -0.1) is 0 Å². The summed E-state index contributed by atoms with van der Waals surface area (Å²) in [5.74, 6) is -6.20. The van der Waals surface area contributed by atoms with Crippen LogP contribution in [0.15, 0.2) is 0 Å². The molecule has 17 heavy (non-hydrogen) atoms. The summed E-state index contributed by atoms with van der Waals surface area (Å²) < 4.78 is 0. The molecule has 0 aromatic heterocycles. The molecule has 0 amide bonds. The molecule has 0 aliphatic heterocycles. The zero-order valence-electron chi connectivity index (χ0n) is 8.66. The first kappa shape index (κ1) is 10.5. The van der Waals surface area contributed by atoms with Gasteiger partial charge in [0.05, 0.1) is 11.8 Å². The van der Waals surface area contributed by atoms with Gasteiger partial charge in [-0.2, -0.15) is 0 Å². The van der Waals surface area contributed by atoms with Gasteiger partial charge in [-0.25, -0.2) is 0 Å². The molecule has 3 fully saturated rings. The Balaban J connectivity index is 1.99. The minimum Gasteiger partial charge on any atom is -0.481 e. The molecule has 3 saturated carbocycles. The standard InChI is InChI=1S/C10H11NO6/c11-9(8(16)17)1-2-3(6(12)13)10(2)4(5(9)10)7(14)15/h2-5H,1,11H2,(H,12,13)(H,14,15)(H,16,17)/t2?,3?,4-,5+,9+,10-/m0/s1. The highest BCUT2D eigenvalue weighted by Gasteiger charge is 2.97. The Morgan fingerprint density at radius 1 is 1.06 bits per heavy atom. The zero-order chi connectivity index (χ0) is 12.7. The second-order valence-electron chi connectivity index (χ2n) is 5.27. The van der Waals surface area contributed by atoms with Crippen LogP contribution in [0.4, 0.5) is 0 Å². The average molecular weight is 241 g/mol. The predicted molar refractivity (Wildman–Crippen MR) is 50.8 cm³/mol. The van der Waals surface area contributed by atoms with Crippen LogP contribution in [0.25, 0.3) is 0 Å². The maximum atomic E-state index is 11.1. The van der Waals surface area contributed by atoms with Crippen LogP contribution in [0.1, 0.15) is 6.42 Å². The van der Waals surface area contributed by atoms with Gasteiger partial charge in [0.25, 0.3) is 0 Å². The number of aliphatic carboxylic acids is 3. The van der Waals surface area contributed by atoms with E-state index in [1.807, 2.05) is 0 Å². The maximum absolute atomic E-state index is 11.1. The van der Waals surface area contributed by atoms with Crippen molar-refractivity contribution in [3.05, 3.63) is 0 Å². The fourth-order valence-electron chi connectivity index (χ4n) is 4.27. The summed E-state index contributed by atoms with van der Waals surface area (Å²) in [6.45, 7) is 0. The van der Waals surface area contributed by atoms with Crippen LogP contribution >= 0.6 is 0 Å². The molecule has 6 atom stereocenters. The van der Waals surface area contributed by atoms with Crippen molar-refractivity contribution in [2.75, 3.05) is 0 Å². The molecule has 3 aliphatic rings. The summed E-state index contributed by atoms with van der Waals surface area (Å²) in [4.78, 5) is 33.1.